The Hall–Kier alpha value is -3.00. The van der Waals surface area contributed by atoms with Gasteiger partial charge < -0.3 is 9.47 Å². The third-order valence-electron chi connectivity index (χ3n) is 5.05. The van der Waals surface area contributed by atoms with Crippen LogP contribution in [-0.2, 0) is 6.54 Å². The van der Waals surface area contributed by atoms with Gasteiger partial charge in [-0.15, -0.1) is 11.3 Å². The minimum absolute atomic E-state index is 0.272. The number of hydrogen-bond donors (Lipinski definition) is 0. The Morgan fingerprint density at radius 3 is 3.00 bits per heavy atom. The molecule has 7 nitrogen and oxygen atoms in total. The van der Waals surface area contributed by atoms with Gasteiger partial charge in [-0.1, -0.05) is 30.9 Å². The second-order valence-electron chi connectivity index (χ2n) is 7.12. The number of thiazole rings is 1. The van der Waals surface area contributed by atoms with Gasteiger partial charge in [-0.2, -0.15) is 5.10 Å². The Balaban J connectivity index is 1.58. The van der Waals surface area contributed by atoms with Crippen molar-refractivity contribution in [2.45, 2.75) is 19.4 Å². The quantitative estimate of drug-likeness (QED) is 0.713. The molecule has 0 aromatic carbocycles. The molecule has 0 radical (unpaired) electrons. The molecule has 29 heavy (non-hydrogen) atoms. The van der Waals surface area contributed by atoms with Crippen molar-refractivity contribution in [1.29, 1.82) is 0 Å². The van der Waals surface area contributed by atoms with Crippen LogP contribution in [0.3, 0.4) is 0 Å². The van der Waals surface area contributed by atoms with Crippen LogP contribution in [0, 0.1) is 0 Å². The van der Waals surface area contributed by atoms with Crippen molar-refractivity contribution in [3.8, 4) is 0 Å². The molecule has 4 heterocycles. The first-order chi connectivity index (χ1) is 14.1. The van der Waals surface area contributed by atoms with Crippen LogP contribution in [0.5, 0.6) is 0 Å². The number of nitrogens with zero attached hydrogens (tertiary/aromatic N) is 7. The van der Waals surface area contributed by atoms with Crippen molar-refractivity contribution in [2.75, 3.05) is 32.1 Å². The third-order valence-corrected chi connectivity index (χ3v) is 5.97. The maximum atomic E-state index is 4.80. The number of hydrazone groups is 1. The van der Waals surface area contributed by atoms with E-state index in [0.717, 1.165) is 47.7 Å². The van der Waals surface area contributed by atoms with Crippen molar-refractivity contribution < 1.29 is 0 Å². The van der Waals surface area contributed by atoms with Gasteiger partial charge in [0.15, 0.2) is 16.8 Å². The first-order valence-electron chi connectivity index (χ1n) is 9.59. The van der Waals surface area contributed by atoms with Crippen molar-refractivity contribution in [1.82, 2.24) is 19.5 Å². The molecule has 150 valence electrons. The normalized spacial score (nSPS) is 19.0. The summed E-state index contributed by atoms with van der Waals surface area (Å²) in [7, 11) is 4.00. The average Bonchev–Trinajstić information content (AvgIpc) is 3.46. The molecule has 0 N–H and O–H groups in total. The van der Waals surface area contributed by atoms with Crippen molar-refractivity contribution in [2.24, 2.45) is 10.1 Å². The van der Waals surface area contributed by atoms with Gasteiger partial charge in [0.05, 0.1) is 18.2 Å². The summed E-state index contributed by atoms with van der Waals surface area (Å²) in [4.78, 5) is 16.3. The number of likely N-dealkylation sites (N-methyl/N-ethyl adjacent to an activating group) is 1. The third kappa shape index (κ3) is 3.80. The van der Waals surface area contributed by atoms with Crippen molar-refractivity contribution in [3.63, 3.8) is 0 Å². The van der Waals surface area contributed by atoms with Gasteiger partial charge in [0.25, 0.3) is 0 Å². The highest BCUT2D eigenvalue weighted by Gasteiger charge is 2.28. The summed E-state index contributed by atoms with van der Waals surface area (Å²) in [5.74, 6) is 2.03. The average molecular weight is 408 g/mol. The van der Waals surface area contributed by atoms with Gasteiger partial charge in [0, 0.05) is 50.7 Å². The lowest BCUT2D eigenvalue weighted by molar-refractivity contribution is 0.377. The zero-order valence-electron chi connectivity index (χ0n) is 17.0. The monoisotopic (exact) mass is 407 g/mol. The zero-order chi connectivity index (χ0) is 20.4. The summed E-state index contributed by atoms with van der Waals surface area (Å²) < 4.78 is 2.27. The molecule has 0 fully saturated rings. The highest BCUT2D eigenvalue weighted by molar-refractivity contribution is 7.14. The molecule has 2 aliphatic heterocycles. The van der Waals surface area contributed by atoms with Crippen molar-refractivity contribution >= 4 is 34.1 Å². The van der Waals surface area contributed by atoms with Gasteiger partial charge in [-0.25, -0.2) is 9.97 Å². The predicted octanol–water partition coefficient (Wildman–Crippen LogP) is 3.40. The maximum Gasteiger partial charge on any atom is 0.191 e. The van der Waals surface area contributed by atoms with Crippen LogP contribution < -0.4 is 4.90 Å². The number of rotatable bonds is 5. The summed E-state index contributed by atoms with van der Waals surface area (Å²) in [6.07, 6.45) is 11.6. The Morgan fingerprint density at radius 2 is 2.24 bits per heavy atom. The fourth-order valence-corrected chi connectivity index (χ4v) is 4.33. The molecular weight excluding hydrogens is 382 g/mol. The zero-order valence-corrected chi connectivity index (χ0v) is 17.8. The number of aliphatic imine (C=N–C) groups is 1. The van der Waals surface area contributed by atoms with E-state index in [1.807, 2.05) is 54.6 Å². The molecule has 8 heteroatoms. The molecular formula is C21H25N7S. The number of fused-ring (bicyclic) bond motifs is 1. The van der Waals surface area contributed by atoms with Crippen LogP contribution in [0.2, 0.25) is 0 Å². The molecule has 4 rings (SSSR count). The Kier molecular flexibility index (Phi) is 5.44. The second kappa shape index (κ2) is 8.16. The summed E-state index contributed by atoms with van der Waals surface area (Å²) in [5.41, 5.74) is 3.27. The SMILES string of the molecule is C=C/C=C\C=C(/C)c1csc(N(C)C2=NCCn3c(C4C=NN(C)C4)cnc32)n1. The lowest BCUT2D eigenvalue weighted by atomic mass is 10.1. The summed E-state index contributed by atoms with van der Waals surface area (Å²) in [6.45, 7) is 8.21. The van der Waals surface area contributed by atoms with Gasteiger partial charge in [0.1, 0.15) is 0 Å². The molecule has 1 atom stereocenters. The van der Waals surface area contributed by atoms with Gasteiger partial charge >= 0.3 is 0 Å². The number of anilines is 1. The summed E-state index contributed by atoms with van der Waals surface area (Å²) in [5, 5.41) is 9.31. The maximum absolute atomic E-state index is 4.80. The van der Waals surface area contributed by atoms with E-state index in [4.69, 9.17) is 15.0 Å². The minimum atomic E-state index is 0.272. The van der Waals surface area contributed by atoms with Crippen LogP contribution in [-0.4, -0.2) is 58.8 Å². The lowest BCUT2D eigenvalue weighted by Crippen LogP contribution is -2.34. The smallest absolute Gasteiger partial charge is 0.191 e. The number of hydrogen-bond acceptors (Lipinski definition) is 7. The van der Waals surface area contributed by atoms with E-state index in [1.54, 1.807) is 17.4 Å². The summed E-state index contributed by atoms with van der Waals surface area (Å²) in [6, 6.07) is 0. The highest BCUT2D eigenvalue weighted by atomic mass is 32.1. The summed E-state index contributed by atoms with van der Waals surface area (Å²) >= 11 is 1.61. The molecule has 1 unspecified atom stereocenters. The fraction of sp³-hybridized carbons (Fsp3) is 0.333. The second-order valence-corrected chi connectivity index (χ2v) is 7.96. The van der Waals surface area contributed by atoms with E-state index in [0.29, 0.717) is 0 Å². The van der Waals surface area contributed by atoms with Crippen LogP contribution in [0.15, 0.2) is 52.6 Å². The van der Waals surface area contributed by atoms with E-state index in [1.165, 1.54) is 5.69 Å². The molecule has 0 saturated heterocycles. The minimum Gasteiger partial charge on any atom is -0.323 e. The molecule has 0 aliphatic carbocycles. The highest BCUT2D eigenvalue weighted by Crippen LogP contribution is 2.28. The Bertz CT molecular complexity index is 1020. The topological polar surface area (TPSA) is 61.9 Å². The first-order valence-corrected chi connectivity index (χ1v) is 10.5. The molecule has 0 saturated carbocycles. The Morgan fingerprint density at radius 1 is 1.38 bits per heavy atom. The number of aromatic nitrogens is 3. The number of imidazole rings is 1. The Labute approximate surface area is 175 Å². The largest absolute Gasteiger partial charge is 0.323 e. The van der Waals surface area contributed by atoms with E-state index >= 15 is 0 Å². The van der Waals surface area contributed by atoms with Crippen LogP contribution in [0.1, 0.15) is 30.1 Å². The predicted molar refractivity (Wildman–Crippen MR) is 121 cm³/mol. The molecule has 0 amide bonds. The van der Waals surface area contributed by atoms with Gasteiger partial charge in [0.2, 0.25) is 0 Å². The van der Waals surface area contributed by atoms with Crippen LogP contribution in [0.4, 0.5) is 5.13 Å². The van der Waals surface area contributed by atoms with Crippen LogP contribution >= 0.6 is 11.3 Å². The van der Waals surface area contributed by atoms with E-state index in [-0.39, 0.29) is 5.92 Å². The lowest BCUT2D eigenvalue weighted by Gasteiger charge is -2.24. The molecule has 0 spiro atoms. The van der Waals surface area contributed by atoms with Gasteiger partial charge in [-0.3, -0.25) is 10.0 Å². The van der Waals surface area contributed by atoms with Crippen molar-refractivity contribution in [3.05, 3.63) is 59.7 Å². The molecule has 2 aromatic heterocycles. The number of allylic oxidation sites excluding steroid dienone is 5. The van der Waals surface area contributed by atoms with E-state index < -0.39 is 0 Å². The van der Waals surface area contributed by atoms with E-state index in [9.17, 15) is 0 Å². The van der Waals surface area contributed by atoms with Gasteiger partial charge in [-0.05, 0) is 12.5 Å². The van der Waals surface area contributed by atoms with E-state index in [2.05, 4.69) is 28.6 Å². The number of amidine groups is 1. The molecule has 0 bridgehead atoms. The standard InChI is InChI=1S/C21H25N7S/c1-5-6-7-8-15(2)17-14-29-21(25-17)27(4)19-20-23-12-18(28(20)10-9-22-19)16-11-24-26(3)13-16/h5-8,11-12,14,16H,1,9-10,13H2,2-4H3/b7-6-,15-8+. The molecule has 2 aliphatic rings. The fourth-order valence-electron chi connectivity index (χ4n) is 3.48. The van der Waals surface area contributed by atoms with Crippen LogP contribution in [0.25, 0.3) is 5.57 Å². The first kappa shape index (κ1) is 19.3. The molecule has 2 aromatic rings.